The highest BCUT2D eigenvalue weighted by Gasteiger charge is 2.08. The molecular formula is C13H11N5O. The first-order valence-corrected chi connectivity index (χ1v) is 5.66. The number of nitrogen functional groups attached to an aromatic ring is 1. The van der Waals surface area contributed by atoms with Crippen LogP contribution in [0.25, 0.3) is 16.9 Å². The van der Waals surface area contributed by atoms with E-state index in [2.05, 4.69) is 9.97 Å². The first-order chi connectivity index (χ1) is 9.25. The summed E-state index contributed by atoms with van der Waals surface area (Å²) >= 11 is 0. The van der Waals surface area contributed by atoms with Gasteiger partial charge in [-0.3, -0.25) is 9.78 Å². The molecule has 0 saturated heterocycles. The predicted octanol–water partition coefficient (Wildman–Crippen LogP) is 0.810. The van der Waals surface area contributed by atoms with Crippen molar-refractivity contribution in [2.24, 2.45) is 0 Å². The van der Waals surface area contributed by atoms with Crippen LogP contribution < -0.4 is 11.4 Å². The molecule has 0 amide bonds. The summed E-state index contributed by atoms with van der Waals surface area (Å²) < 4.78 is 2.86. The quantitative estimate of drug-likeness (QED) is 0.685. The van der Waals surface area contributed by atoms with E-state index in [1.54, 1.807) is 41.7 Å². The summed E-state index contributed by atoms with van der Waals surface area (Å²) in [6, 6.07) is 6.92. The number of pyridine rings is 2. The minimum atomic E-state index is -0.287. The molecule has 2 N–H and O–H groups in total. The molecular weight excluding hydrogens is 242 g/mol. The average Bonchev–Trinajstić information content (AvgIpc) is 2.97. The third kappa shape index (κ3) is 1.99. The SMILES string of the molecule is Nn1c(-c2cccnc2)cc(-n2ccnc2)cc1=O. The fraction of sp³-hybridized carbons (Fsp3) is 0. The second kappa shape index (κ2) is 4.41. The van der Waals surface area contributed by atoms with Crippen molar-refractivity contribution in [2.45, 2.75) is 0 Å². The maximum atomic E-state index is 11.9. The Labute approximate surface area is 108 Å². The summed E-state index contributed by atoms with van der Waals surface area (Å²) in [5.41, 5.74) is 1.81. The minimum absolute atomic E-state index is 0.287. The van der Waals surface area contributed by atoms with Crippen LogP contribution >= 0.6 is 0 Å². The van der Waals surface area contributed by atoms with E-state index in [9.17, 15) is 4.79 Å². The topological polar surface area (TPSA) is 78.7 Å². The van der Waals surface area contributed by atoms with E-state index >= 15 is 0 Å². The molecule has 0 spiro atoms. The van der Waals surface area contributed by atoms with Crippen molar-refractivity contribution in [3.63, 3.8) is 0 Å². The molecule has 6 heteroatoms. The lowest BCUT2D eigenvalue weighted by Crippen LogP contribution is -2.28. The van der Waals surface area contributed by atoms with Crippen LogP contribution in [-0.2, 0) is 0 Å². The summed E-state index contributed by atoms with van der Waals surface area (Å²) in [6.07, 6.45) is 8.38. The van der Waals surface area contributed by atoms with Gasteiger partial charge in [0.05, 0.1) is 17.7 Å². The monoisotopic (exact) mass is 253 g/mol. The Balaban J connectivity index is 2.23. The zero-order valence-electron chi connectivity index (χ0n) is 9.97. The fourth-order valence-electron chi connectivity index (χ4n) is 1.86. The standard InChI is InChI=1S/C13H11N5O/c14-18-12(10-2-1-3-15-8-10)6-11(7-13(18)19)17-5-4-16-9-17/h1-9H,14H2. The molecule has 0 aliphatic carbocycles. The van der Waals surface area contributed by atoms with E-state index in [-0.39, 0.29) is 5.56 Å². The van der Waals surface area contributed by atoms with E-state index in [1.807, 2.05) is 12.1 Å². The van der Waals surface area contributed by atoms with Crippen LogP contribution in [0.15, 0.2) is 60.2 Å². The fourth-order valence-corrected chi connectivity index (χ4v) is 1.86. The molecule has 0 fully saturated rings. The van der Waals surface area contributed by atoms with Crippen LogP contribution in [0.1, 0.15) is 0 Å². The van der Waals surface area contributed by atoms with Gasteiger partial charge in [0.25, 0.3) is 5.56 Å². The largest absolute Gasteiger partial charge is 0.336 e. The predicted molar refractivity (Wildman–Crippen MR) is 71.2 cm³/mol. The lowest BCUT2D eigenvalue weighted by Gasteiger charge is -2.10. The molecule has 3 aromatic rings. The van der Waals surface area contributed by atoms with Crippen molar-refractivity contribution in [1.82, 2.24) is 19.2 Å². The lowest BCUT2D eigenvalue weighted by molar-refractivity contribution is 0.926. The molecule has 0 aliphatic rings. The molecule has 6 nitrogen and oxygen atoms in total. The molecule has 0 atom stereocenters. The first-order valence-electron chi connectivity index (χ1n) is 5.66. The molecule has 19 heavy (non-hydrogen) atoms. The van der Waals surface area contributed by atoms with Crippen molar-refractivity contribution < 1.29 is 0 Å². The van der Waals surface area contributed by atoms with Gasteiger partial charge in [-0.25, -0.2) is 9.66 Å². The van der Waals surface area contributed by atoms with Gasteiger partial charge in [-0.15, -0.1) is 0 Å². The number of rotatable bonds is 2. The molecule has 0 unspecified atom stereocenters. The Hall–Kier alpha value is -2.89. The summed E-state index contributed by atoms with van der Waals surface area (Å²) in [7, 11) is 0. The Kier molecular flexibility index (Phi) is 2.60. The van der Waals surface area contributed by atoms with Crippen LogP contribution in [-0.4, -0.2) is 19.2 Å². The van der Waals surface area contributed by atoms with Crippen molar-refractivity contribution in [3.8, 4) is 16.9 Å². The summed E-state index contributed by atoms with van der Waals surface area (Å²) in [6.45, 7) is 0. The number of nitrogens with two attached hydrogens (primary N) is 1. The molecule has 94 valence electrons. The Morgan fingerprint density at radius 2 is 2.05 bits per heavy atom. The molecule has 0 radical (unpaired) electrons. The highest BCUT2D eigenvalue weighted by Crippen LogP contribution is 2.18. The number of aromatic nitrogens is 4. The number of imidazole rings is 1. The average molecular weight is 253 g/mol. The van der Waals surface area contributed by atoms with Crippen molar-refractivity contribution in [1.29, 1.82) is 0 Å². The van der Waals surface area contributed by atoms with Gasteiger partial charge in [0.15, 0.2) is 0 Å². The van der Waals surface area contributed by atoms with Gasteiger partial charge in [-0.2, -0.15) is 0 Å². The van der Waals surface area contributed by atoms with Crippen LogP contribution in [0.4, 0.5) is 0 Å². The zero-order valence-corrected chi connectivity index (χ0v) is 9.97. The van der Waals surface area contributed by atoms with E-state index < -0.39 is 0 Å². The Morgan fingerprint density at radius 1 is 1.16 bits per heavy atom. The van der Waals surface area contributed by atoms with Crippen molar-refractivity contribution in [2.75, 3.05) is 5.84 Å². The van der Waals surface area contributed by atoms with E-state index in [0.717, 1.165) is 10.2 Å². The first kappa shape index (κ1) is 11.2. The normalized spacial score (nSPS) is 10.5. The summed E-state index contributed by atoms with van der Waals surface area (Å²) in [5, 5.41) is 0. The number of hydrogen-bond donors (Lipinski definition) is 1. The molecule has 3 aromatic heterocycles. The third-order valence-corrected chi connectivity index (χ3v) is 2.81. The second-order valence-electron chi connectivity index (χ2n) is 4.02. The van der Waals surface area contributed by atoms with Gasteiger partial charge in [0.2, 0.25) is 0 Å². The highest BCUT2D eigenvalue weighted by atomic mass is 16.1. The van der Waals surface area contributed by atoms with Crippen LogP contribution in [0.2, 0.25) is 0 Å². The molecule has 0 saturated carbocycles. The van der Waals surface area contributed by atoms with E-state index in [0.29, 0.717) is 11.4 Å². The highest BCUT2D eigenvalue weighted by molar-refractivity contribution is 5.61. The van der Waals surface area contributed by atoms with E-state index in [1.165, 1.54) is 6.07 Å². The number of nitrogens with zero attached hydrogens (tertiary/aromatic N) is 4. The molecule has 0 aromatic carbocycles. The van der Waals surface area contributed by atoms with Gasteiger partial charge in [-0.1, -0.05) is 0 Å². The van der Waals surface area contributed by atoms with Crippen molar-refractivity contribution in [3.05, 3.63) is 65.7 Å². The molecule has 3 heterocycles. The molecule has 0 aliphatic heterocycles. The van der Waals surface area contributed by atoms with E-state index in [4.69, 9.17) is 5.84 Å². The van der Waals surface area contributed by atoms with Crippen molar-refractivity contribution >= 4 is 0 Å². The zero-order chi connectivity index (χ0) is 13.2. The minimum Gasteiger partial charge on any atom is -0.336 e. The molecule has 0 bridgehead atoms. The summed E-state index contributed by atoms with van der Waals surface area (Å²) in [4.78, 5) is 19.9. The third-order valence-electron chi connectivity index (χ3n) is 2.81. The smallest absolute Gasteiger partial charge is 0.271 e. The number of hydrogen-bond acceptors (Lipinski definition) is 4. The van der Waals surface area contributed by atoms with Gasteiger partial charge < -0.3 is 10.4 Å². The summed E-state index contributed by atoms with van der Waals surface area (Å²) in [5.74, 6) is 5.79. The maximum absolute atomic E-state index is 11.9. The Bertz CT molecular complexity index is 746. The van der Waals surface area contributed by atoms with Crippen LogP contribution in [0, 0.1) is 0 Å². The van der Waals surface area contributed by atoms with Gasteiger partial charge in [0, 0.05) is 36.4 Å². The van der Waals surface area contributed by atoms with Crippen LogP contribution in [0.5, 0.6) is 0 Å². The van der Waals surface area contributed by atoms with Gasteiger partial charge >= 0.3 is 0 Å². The van der Waals surface area contributed by atoms with Gasteiger partial charge in [0.1, 0.15) is 0 Å². The Morgan fingerprint density at radius 3 is 2.74 bits per heavy atom. The van der Waals surface area contributed by atoms with Gasteiger partial charge in [-0.05, 0) is 18.2 Å². The lowest BCUT2D eigenvalue weighted by atomic mass is 10.2. The second-order valence-corrected chi connectivity index (χ2v) is 4.02. The van der Waals surface area contributed by atoms with Crippen LogP contribution in [0.3, 0.4) is 0 Å². The maximum Gasteiger partial charge on any atom is 0.271 e. The molecule has 3 rings (SSSR count).